The topological polar surface area (TPSA) is 94.1 Å². The van der Waals surface area contributed by atoms with Crippen molar-refractivity contribution in [3.8, 4) is 11.5 Å². The van der Waals surface area contributed by atoms with Gasteiger partial charge in [-0.15, -0.1) is 0 Å². The van der Waals surface area contributed by atoms with Gasteiger partial charge in [0.2, 0.25) is 6.79 Å². The van der Waals surface area contributed by atoms with E-state index in [9.17, 15) is 4.39 Å². The average Bonchev–Trinajstić information content (AvgIpc) is 3.50. The Morgan fingerprint density at radius 2 is 1.40 bits per heavy atom. The molecule has 0 saturated carbocycles. The second kappa shape index (κ2) is 12.9. The maximum absolute atomic E-state index is 13.4. The third kappa shape index (κ3) is 6.90. The van der Waals surface area contributed by atoms with Crippen molar-refractivity contribution in [3.63, 3.8) is 0 Å². The molecule has 1 aliphatic heterocycles. The van der Waals surface area contributed by atoms with Gasteiger partial charge in [-0.05, 0) is 73.0 Å². The maximum Gasteiger partial charge on any atom is 0.231 e. The van der Waals surface area contributed by atoms with Crippen LogP contribution in [0.15, 0.2) is 91.5 Å². The van der Waals surface area contributed by atoms with E-state index in [0.29, 0.717) is 22.8 Å². The molecule has 0 atom stereocenters. The van der Waals surface area contributed by atoms with E-state index in [-0.39, 0.29) is 12.6 Å². The van der Waals surface area contributed by atoms with Crippen molar-refractivity contribution in [1.82, 2.24) is 19.9 Å². The summed E-state index contributed by atoms with van der Waals surface area (Å²) in [7, 11) is 0. The van der Waals surface area contributed by atoms with Crippen molar-refractivity contribution >= 4 is 45.0 Å². The molecular formula is C33H28ClFN6O2. The van der Waals surface area contributed by atoms with Gasteiger partial charge in [-0.3, -0.25) is 0 Å². The Morgan fingerprint density at radius 3 is 2.19 bits per heavy atom. The predicted molar refractivity (Wildman–Crippen MR) is 167 cm³/mol. The van der Waals surface area contributed by atoms with Crippen LogP contribution in [-0.2, 0) is 13.0 Å². The number of benzene rings is 4. The Balaban J connectivity index is 0.000000153. The van der Waals surface area contributed by atoms with E-state index >= 15 is 0 Å². The minimum atomic E-state index is -0.279. The molecule has 8 nitrogen and oxygen atoms in total. The second-order valence-corrected chi connectivity index (χ2v) is 10.4. The summed E-state index contributed by atoms with van der Waals surface area (Å²) in [6.45, 7) is 3.71. The molecule has 4 aromatic carbocycles. The normalized spacial score (nSPS) is 11.7. The third-order valence-electron chi connectivity index (χ3n) is 6.92. The van der Waals surface area contributed by atoms with Crippen LogP contribution in [0, 0.1) is 12.7 Å². The third-order valence-corrected chi connectivity index (χ3v) is 7.15. The number of nitrogens with one attached hydrogen (secondary N) is 2. The molecule has 0 aliphatic carbocycles. The highest BCUT2D eigenvalue weighted by Crippen LogP contribution is 2.33. The SMILES string of the molecule is Cc1ccc(CCNc2ncnc3ccc(F)cc23)cc1.Clc1ccc2ncnc(NCc3ccc4c(c3)OCO4)c2c1. The first-order valence-electron chi connectivity index (χ1n) is 13.7. The number of hydrogen-bond donors (Lipinski definition) is 2. The molecule has 43 heavy (non-hydrogen) atoms. The van der Waals surface area contributed by atoms with Crippen LogP contribution < -0.4 is 20.1 Å². The van der Waals surface area contributed by atoms with Gasteiger partial charge in [0.25, 0.3) is 0 Å². The van der Waals surface area contributed by atoms with Crippen molar-refractivity contribution in [2.75, 3.05) is 24.0 Å². The molecule has 0 unspecified atom stereocenters. The Kier molecular flexibility index (Phi) is 8.42. The maximum atomic E-state index is 13.4. The van der Waals surface area contributed by atoms with Gasteiger partial charge < -0.3 is 20.1 Å². The van der Waals surface area contributed by atoms with Crippen LogP contribution in [0.25, 0.3) is 21.8 Å². The summed E-state index contributed by atoms with van der Waals surface area (Å²) in [5.41, 5.74) is 5.19. The zero-order valence-corrected chi connectivity index (χ0v) is 24.1. The summed E-state index contributed by atoms with van der Waals surface area (Å²) >= 11 is 6.06. The molecule has 0 radical (unpaired) electrons. The first-order valence-corrected chi connectivity index (χ1v) is 14.1. The number of ether oxygens (including phenoxy) is 2. The van der Waals surface area contributed by atoms with Crippen molar-refractivity contribution < 1.29 is 13.9 Å². The van der Waals surface area contributed by atoms with E-state index in [1.807, 2.05) is 36.4 Å². The minimum Gasteiger partial charge on any atom is -0.454 e. The number of fused-ring (bicyclic) bond motifs is 3. The summed E-state index contributed by atoms with van der Waals surface area (Å²) in [5, 5.41) is 8.85. The Labute approximate surface area is 252 Å². The fourth-order valence-corrected chi connectivity index (χ4v) is 4.83. The molecule has 2 N–H and O–H groups in total. The molecule has 7 rings (SSSR count). The van der Waals surface area contributed by atoms with Gasteiger partial charge >= 0.3 is 0 Å². The first-order chi connectivity index (χ1) is 21.0. The summed E-state index contributed by atoms with van der Waals surface area (Å²) in [5.74, 6) is 2.70. The molecule has 2 aromatic heterocycles. The number of aromatic nitrogens is 4. The van der Waals surface area contributed by atoms with Crippen molar-refractivity contribution in [2.45, 2.75) is 19.9 Å². The Morgan fingerprint density at radius 1 is 0.721 bits per heavy atom. The molecule has 1 aliphatic rings. The lowest BCUT2D eigenvalue weighted by Gasteiger charge is -2.09. The zero-order valence-electron chi connectivity index (χ0n) is 23.3. The molecule has 0 fully saturated rings. The van der Waals surface area contributed by atoms with Crippen LogP contribution in [-0.4, -0.2) is 33.3 Å². The molecular weight excluding hydrogens is 567 g/mol. The lowest BCUT2D eigenvalue weighted by molar-refractivity contribution is 0.174. The summed E-state index contributed by atoms with van der Waals surface area (Å²) in [6, 6.07) is 24.4. The predicted octanol–water partition coefficient (Wildman–Crippen LogP) is 7.36. The number of hydrogen-bond acceptors (Lipinski definition) is 8. The Bertz CT molecular complexity index is 1890. The van der Waals surface area contributed by atoms with E-state index in [0.717, 1.165) is 52.3 Å². The number of aryl methyl sites for hydroxylation is 1. The summed E-state index contributed by atoms with van der Waals surface area (Å²) < 4.78 is 24.1. The zero-order chi connectivity index (χ0) is 29.6. The van der Waals surface area contributed by atoms with E-state index in [2.05, 4.69) is 61.8 Å². The van der Waals surface area contributed by atoms with Crippen LogP contribution in [0.1, 0.15) is 16.7 Å². The summed E-state index contributed by atoms with van der Waals surface area (Å²) in [6.07, 6.45) is 3.92. The quantitative estimate of drug-likeness (QED) is 0.198. The number of anilines is 2. The number of nitrogens with zero attached hydrogens (tertiary/aromatic N) is 4. The van der Waals surface area contributed by atoms with Gasteiger partial charge in [0.15, 0.2) is 11.5 Å². The van der Waals surface area contributed by atoms with Gasteiger partial charge in [-0.25, -0.2) is 24.3 Å². The van der Waals surface area contributed by atoms with E-state index in [1.165, 1.54) is 35.9 Å². The van der Waals surface area contributed by atoms with Crippen LogP contribution in [0.2, 0.25) is 5.02 Å². The van der Waals surface area contributed by atoms with Crippen LogP contribution in [0.4, 0.5) is 16.0 Å². The molecule has 216 valence electrons. The van der Waals surface area contributed by atoms with Crippen molar-refractivity contribution in [3.05, 3.63) is 119 Å². The van der Waals surface area contributed by atoms with Gasteiger partial charge in [0, 0.05) is 28.9 Å². The van der Waals surface area contributed by atoms with Gasteiger partial charge in [0.05, 0.1) is 11.0 Å². The fourth-order valence-electron chi connectivity index (χ4n) is 4.66. The first kappa shape index (κ1) is 28.1. The highest BCUT2D eigenvalue weighted by molar-refractivity contribution is 6.31. The fraction of sp³-hybridized carbons (Fsp3) is 0.152. The second-order valence-electron chi connectivity index (χ2n) is 9.97. The largest absolute Gasteiger partial charge is 0.454 e. The van der Waals surface area contributed by atoms with Crippen LogP contribution >= 0.6 is 11.6 Å². The van der Waals surface area contributed by atoms with E-state index < -0.39 is 0 Å². The molecule has 3 heterocycles. The van der Waals surface area contributed by atoms with E-state index in [4.69, 9.17) is 21.1 Å². The van der Waals surface area contributed by atoms with Crippen LogP contribution in [0.3, 0.4) is 0 Å². The molecule has 6 aromatic rings. The highest BCUT2D eigenvalue weighted by Gasteiger charge is 2.13. The average molecular weight is 595 g/mol. The van der Waals surface area contributed by atoms with E-state index in [1.54, 1.807) is 6.07 Å². The van der Waals surface area contributed by atoms with Gasteiger partial charge in [0.1, 0.15) is 30.1 Å². The number of halogens is 2. The Hall–Kier alpha value is -5.02. The number of rotatable bonds is 7. The lowest BCUT2D eigenvalue weighted by atomic mass is 10.1. The smallest absolute Gasteiger partial charge is 0.231 e. The van der Waals surface area contributed by atoms with Crippen molar-refractivity contribution in [1.29, 1.82) is 0 Å². The monoisotopic (exact) mass is 594 g/mol. The molecule has 10 heteroatoms. The molecule has 0 spiro atoms. The van der Waals surface area contributed by atoms with Gasteiger partial charge in [-0.2, -0.15) is 0 Å². The molecule has 0 saturated heterocycles. The lowest BCUT2D eigenvalue weighted by Crippen LogP contribution is -2.07. The van der Waals surface area contributed by atoms with Crippen molar-refractivity contribution in [2.24, 2.45) is 0 Å². The molecule has 0 bridgehead atoms. The standard InChI is InChI=1S/C17H16FN3.C16H12ClN3O2/c1-12-2-4-13(5-3-12)8-9-19-17-15-10-14(18)6-7-16(15)20-11-21-17;17-11-2-3-13-12(6-11)16(20-8-19-13)18-7-10-1-4-14-15(5-10)22-9-21-14/h2-7,10-11H,8-9H2,1H3,(H,19,20,21);1-6,8H,7,9H2,(H,18,19,20). The molecule has 0 amide bonds. The minimum absolute atomic E-state index is 0.279. The van der Waals surface area contributed by atoms with Crippen LogP contribution in [0.5, 0.6) is 11.5 Å². The van der Waals surface area contributed by atoms with Gasteiger partial charge in [-0.1, -0.05) is 47.5 Å². The highest BCUT2D eigenvalue weighted by atomic mass is 35.5. The summed E-state index contributed by atoms with van der Waals surface area (Å²) in [4.78, 5) is 16.9.